The molecule has 0 unspecified atom stereocenters. The Morgan fingerprint density at radius 3 is 1.73 bits per heavy atom. The van der Waals surface area contributed by atoms with E-state index in [4.69, 9.17) is 33.2 Å². The molecule has 0 fully saturated rings. The SMILES string of the molecule is C.O=C(Nc1cccc(Cl)c1)N1CCc2[nH]nc(-c3cccc(F)c3)c2C1.O=C(Nc1cccc(Cl)c1)N1CCc2[nH]nc(OS(=O)(=O)C(F)(F)F)c2C1.OB(O)c1cccc(F)c1. The van der Waals surface area contributed by atoms with Crippen molar-refractivity contribution < 1.29 is 54.2 Å². The van der Waals surface area contributed by atoms with Gasteiger partial charge in [-0.05, 0) is 66.1 Å². The van der Waals surface area contributed by atoms with Crippen LogP contribution in [0.2, 0.25) is 10.0 Å². The quantitative estimate of drug-likeness (QED) is 0.0423. The predicted octanol–water partition coefficient (Wildman–Crippen LogP) is 7.48. The maximum Gasteiger partial charge on any atom is 0.534 e. The van der Waals surface area contributed by atoms with Gasteiger partial charge in [0, 0.05) is 69.9 Å². The Bertz CT molecular complexity index is 2710. The number of rotatable bonds is 6. The summed E-state index contributed by atoms with van der Waals surface area (Å²) in [6, 6.07) is 24.2. The Morgan fingerprint density at radius 2 is 1.23 bits per heavy atom. The predicted molar refractivity (Wildman–Crippen MR) is 230 cm³/mol. The molecule has 0 radical (unpaired) electrons. The molecule has 2 aromatic heterocycles. The van der Waals surface area contributed by atoms with E-state index < -0.39 is 40.5 Å². The van der Waals surface area contributed by atoms with E-state index >= 15 is 0 Å². The lowest BCUT2D eigenvalue weighted by Crippen LogP contribution is -2.39. The number of alkyl halides is 3. The molecule has 0 aliphatic carbocycles. The van der Waals surface area contributed by atoms with Gasteiger partial charge in [-0.1, -0.05) is 67.0 Å². The zero-order valence-corrected chi connectivity index (χ0v) is 34.7. The first kappa shape index (κ1) is 48.8. The third-order valence-electron chi connectivity index (χ3n) is 9.27. The lowest BCUT2D eigenvalue weighted by atomic mass is 9.80. The van der Waals surface area contributed by atoms with E-state index in [0.29, 0.717) is 57.9 Å². The van der Waals surface area contributed by atoms with Gasteiger partial charge in [-0.15, -0.1) is 5.10 Å². The standard InChI is InChI=1S/C19H16ClFN4O.C14H12ClF3N4O4S.C6H6BFO2.CH4/c20-13-4-2-6-15(10-13)22-19(26)25-8-7-17-16(11-25)18(24-23-17)12-3-1-5-14(21)9-12;15-8-2-1-3-9(6-8)19-13(23)22-5-4-11-10(7-22)12(21-20-11)26-27(24,25)14(16,17)18;8-6-3-1-2-5(4-6)7(9)10;/h1-6,9-10H,7-8,11H2,(H,22,26)(H,23,24);1-3,6H,4-5,7H2,(H,19,23)(H,20,21);1-4,9-10H;1H4. The van der Waals surface area contributed by atoms with Crippen LogP contribution in [0.4, 0.5) is 42.9 Å². The Hall–Kier alpha value is -6.20. The molecule has 2 aliphatic rings. The molecule has 0 bridgehead atoms. The number of amides is 4. The molecule has 4 amide bonds. The number of anilines is 2. The number of H-pyrrole nitrogens is 2. The molecule has 8 rings (SSSR count). The summed E-state index contributed by atoms with van der Waals surface area (Å²) in [4.78, 5) is 28.0. The van der Waals surface area contributed by atoms with Crippen molar-refractivity contribution in [3.63, 3.8) is 0 Å². The van der Waals surface area contributed by atoms with Crippen LogP contribution >= 0.6 is 23.2 Å². The number of urea groups is 2. The number of carbonyl (C=O) groups excluding carboxylic acids is 2. The number of hydrogen-bond donors (Lipinski definition) is 6. The van der Waals surface area contributed by atoms with E-state index in [9.17, 15) is 40.0 Å². The van der Waals surface area contributed by atoms with E-state index in [1.807, 2.05) is 6.07 Å². The second-order valence-electron chi connectivity index (χ2n) is 13.7. The van der Waals surface area contributed by atoms with Crippen molar-refractivity contribution in [1.82, 2.24) is 30.2 Å². The van der Waals surface area contributed by atoms with Crippen LogP contribution in [-0.2, 0) is 36.0 Å². The highest BCUT2D eigenvalue weighted by atomic mass is 35.5. The highest BCUT2D eigenvalue weighted by Crippen LogP contribution is 2.32. The third-order valence-corrected chi connectivity index (χ3v) is 10.7. The molecule has 24 heteroatoms. The monoisotopic (exact) mass is 950 g/mol. The molecule has 64 heavy (non-hydrogen) atoms. The first-order chi connectivity index (χ1) is 29.9. The van der Waals surface area contributed by atoms with Crippen LogP contribution in [0.5, 0.6) is 5.88 Å². The zero-order chi connectivity index (χ0) is 45.5. The van der Waals surface area contributed by atoms with Crippen LogP contribution in [0.1, 0.15) is 29.9 Å². The summed E-state index contributed by atoms with van der Waals surface area (Å²) in [5.41, 5.74) is -0.604. The minimum Gasteiger partial charge on any atom is -0.423 e. The molecule has 338 valence electrons. The Balaban J connectivity index is 0.000000196. The van der Waals surface area contributed by atoms with Crippen LogP contribution in [-0.4, -0.2) is 86.4 Å². The first-order valence-corrected chi connectivity index (χ1v) is 20.7. The molecule has 6 aromatic rings. The Morgan fingerprint density at radius 1 is 0.734 bits per heavy atom. The Labute approximate surface area is 373 Å². The van der Waals surface area contributed by atoms with Crippen molar-refractivity contribution in [3.05, 3.63) is 141 Å². The topological polar surface area (TPSA) is 206 Å². The van der Waals surface area contributed by atoms with E-state index in [-0.39, 0.29) is 49.8 Å². The number of nitrogens with zero attached hydrogens (tertiary/aromatic N) is 4. The minimum atomic E-state index is -5.86. The van der Waals surface area contributed by atoms with Crippen molar-refractivity contribution in [1.29, 1.82) is 0 Å². The van der Waals surface area contributed by atoms with E-state index in [0.717, 1.165) is 17.3 Å². The summed E-state index contributed by atoms with van der Waals surface area (Å²) < 4.78 is 89.8. The largest absolute Gasteiger partial charge is 0.534 e. The van der Waals surface area contributed by atoms with Crippen LogP contribution in [0.25, 0.3) is 11.3 Å². The lowest BCUT2D eigenvalue weighted by Gasteiger charge is -2.27. The van der Waals surface area contributed by atoms with Crippen LogP contribution < -0.4 is 20.3 Å². The first-order valence-electron chi connectivity index (χ1n) is 18.5. The third kappa shape index (κ3) is 12.5. The molecule has 4 heterocycles. The fourth-order valence-corrected chi connectivity index (χ4v) is 7.03. The van der Waals surface area contributed by atoms with Crippen LogP contribution in [0, 0.1) is 11.6 Å². The maximum atomic E-state index is 13.5. The van der Waals surface area contributed by atoms with Crippen molar-refractivity contribution in [2.24, 2.45) is 0 Å². The van der Waals surface area contributed by atoms with Crippen LogP contribution in [0.15, 0.2) is 97.1 Å². The summed E-state index contributed by atoms with van der Waals surface area (Å²) >= 11 is 11.8. The summed E-state index contributed by atoms with van der Waals surface area (Å²) in [6.45, 7) is 1.04. The molecular weight excluding hydrogens is 913 g/mol. The number of aromatic nitrogens is 4. The normalized spacial score (nSPS) is 13.1. The van der Waals surface area contributed by atoms with Crippen molar-refractivity contribution in [3.8, 4) is 17.1 Å². The van der Waals surface area contributed by atoms with Gasteiger partial charge in [0.15, 0.2) is 0 Å². The number of carbonyl (C=O) groups is 2. The van der Waals surface area contributed by atoms with Gasteiger partial charge in [-0.2, -0.15) is 26.7 Å². The second-order valence-corrected chi connectivity index (χ2v) is 16.1. The highest BCUT2D eigenvalue weighted by molar-refractivity contribution is 7.88. The van der Waals surface area contributed by atoms with E-state index in [1.165, 1.54) is 41.3 Å². The minimum absolute atomic E-state index is 0. The van der Waals surface area contributed by atoms with Gasteiger partial charge in [-0.25, -0.2) is 18.4 Å². The molecule has 0 atom stereocenters. The summed E-state index contributed by atoms with van der Waals surface area (Å²) in [5, 5.41) is 36.8. The summed E-state index contributed by atoms with van der Waals surface area (Å²) in [7, 11) is -7.45. The lowest BCUT2D eigenvalue weighted by molar-refractivity contribution is -0.0501. The number of nitrogens with one attached hydrogen (secondary N) is 4. The molecular formula is C40H38BCl2F5N8O7S. The summed E-state index contributed by atoms with van der Waals surface area (Å²) in [5.74, 6) is -1.52. The van der Waals surface area contributed by atoms with Crippen molar-refractivity contribution in [2.75, 3.05) is 23.7 Å². The van der Waals surface area contributed by atoms with Gasteiger partial charge in [-0.3, -0.25) is 10.2 Å². The van der Waals surface area contributed by atoms with E-state index in [2.05, 4.69) is 35.2 Å². The van der Waals surface area contributed by atoms with Gasteiger partial charge < -0.3 is 34.7 Å². The smallest absolute Gasteiger partial charge is 0.423 e. The van der Waals surface area contributed by atoms with Gasteiger partial charge in [0.25, 0.3) is 5.88 Å². The average molecular weight is 952 g/mol. The second kappa shape index (κ2) is 21.0. The van der Waals surface area contributed by atoms with Gasteiger partial charge in [0.2, 0.25) is 0 Å². The average Bonchev–Trinajstić information content (AvgIpc) is 3.84. The molecule has 4 aromatic carbocycles. The summed E-state index contributed by atoms with van der Waals surface area (Å²) in [6.07, 6.45) is 0.904. The van der Waals surface area contributed by atoms with E-state index in [1.54, 1.807) is 53.4 Å². The highest BCUT2D eigenvalue weighted by Gasteiger charge is 2.49. The van der Waals surface area contributed by atoms with Crippen LogP contribution in [0.3, 0.4) is 0 Å². The molecule has 15 nitrogen and oxygen atoms in total. The molecule has 2 aliphatic heterocycles. The van der Waals surface area contributed by atoms with Crippen molar-refractivity contribution in [2.45, 2.75) is 38.9 Å². The molecule has 0 saturated carbocycles. The number of hydrogen-bond acceptors (Lipinski definition) is 9. The molecule has 0 spiro atoms. The Kier molecular flexibility index (Phi) is 16.0. The fraction of sp³-hybridized carbons (Fsp3) is 0.200. The maximum absolute atomic E-state index is 13.5. The number of fused-ring (bicyclic) bond motifs is 2. The zero-order valence-electron chi connectivity index (χ0n) is 32.3. The number of benzene rings is 4. The molecule has 6 N–H and O–H groups in total. The van der Waals surface area contributed by atoms with Gasteiger partial charge >= 0.3 is 34.8 Å². The number of aromatic amines is 2. The number of halogens is 7. The van der Waals surface area contributed by atoms with Crippen molar-refractivity contribution >= 4 is 69.3 Å². The van der Waals surface area contributed by atoms with Gasteiger partial charge in [0.05, 0.1) is 24.3 Å². The molecule has 0 saturated heterocycles. The van der Waals surface area contributed by atoms with Gasteiger partial charge in [0.1, 0.15) is 11.6 Å². The fourth-order valence-electron chi connectivity index (χ4n) is 6.21.